The molecule has 2 aliphatic heterocycles. The number of aliphatic hydroxyl groups is 2. The number of benzene rings is 3. The molecule has 4 atom stereocenters. The van der Waals surface area contributed by atoms with E-state index in [4.69, 9.17) is 4.74 Å². The molecule has 47 heavy (non-hydrogen) atoms. The normalized spacial score (nSPS) is 20.3. The second-order valence-corrected chi connectivity index (χ2v) is 11.9. The fraction of sp³-hybridized carbons (Fsp3) is 0.306. The Bertz CT molecular complexity index is 1810. The molecule has 242 valence electrons. The third-order valence-corrected chi connectivity index (χ3v) is 8.82. The smallest absolute Gasteiger partial charge is 0.304 e. The lowest BCUT2D eigenvalue weighted by Crippen LogP contribution is -2.54. The van der Waals surface area contributed by atoms with E-state index < -0.39 is 29.6 Å². The molecule has 4 aromatic rings. The zero-order valence-corrected chi connectivity index (χ0v) is 26.3. The molecule has 3 heterocycles. The van der Waals surface area contributed by atoms with Gasteiger partial charge in [0.25, 0.3) is 5.91 Å². The summed E-state index contributed by atoms with van der Waals surface area (Å²) in [6.45, 7) is 3.75. The molecular weight excluding hydrogens is 598 g/mol. The van der Waals surface area contributed by atoms with Crippen LogP contribution in [0.25, 0.3) is 0 Å². The van der Waals surface area contributed by atoms with Gasteiger partial charge in [-0.05, 0) is 35.7 Å². The molecular formula is C36H37N5O6. The van der Waals surface area contributed by atoms with Crippen LogP contribution in [-0.4, -0.2) is 55.8 Å². The van der Waals surface area contributed by atoms with E-state index in [2.05, 4.69) is 10.3 Å². The van der Waals surface area contributed by atoms with Crippen molar-refractivity contribution in [2.24, 2.45) is 5.92 Å². The summed E-state index contributed by atoms with van der Waals surface area (Å²) >= 11 is 0. The molecule has 2 aliphatic rings. The van der Waals surface area contributed by atoms with Crippen molar-refractivity contribution in [2.45, 2.75) is 57.5 Å². The first-order valence-corrected chi connectivity index (χ1v) is 15.6. The Morgan fingerprint density at radius 3 is 2.60 bits per heavy atom. The lowest BCUT2D eigenvalue weighted by Gasteiger charge is -2.39. The molecule has 2 N–H and O–H groups in total. The summed E-state index contributed by atoms with van der Waals surface area (Å²) in [4.78, 5) is 40.8. The molecule has 0 spiro atoms. The van der Waals surface area contributed by atoms with E-state index in [0.717, 1.165) is 11.1 Å². The number of rotatable bonds is 12. The lowest BCUT2D eigenvalue weighted by molar-refractivity contribution is -0.153. The number of amides is 2. The Labute approximate surface area is 272 Å². The summed E-state index contributed by atoms with van der Waals surface area (Å²) in [6, 6.07) is 24.1. The average molecular weight is 636 g/mol. The third kappa shape index (κ3) is 6.19. The number of ether oxygens (including phenoxy) is 1. The number of esters is 1. The third-order valence-electron chi connectivity index (χ3n) is 8.82. The Kier molecular flexibility index (Phi) is 9.01. The molecule has 0 bridgehead atoms. The van der Waals surface area contributed by atoms with Crippen LogP contribution in [0.1, 0.15) is 55.0 Å². The number of aliphatic hydroxyl groups excluding tert-OH is 1. The molecule has 1 fully saturated rings. The Hall–Kier alpha value is -5.13. The molecule has 0 radical (unpaired) electrons. The predicted molar refractivity (Wildman–Crippen MR) is 174 cm³/mol. The number of aromatic nitrogens is 3. The van der Waals surface area contributed by atoms with E-state index in [-0.39, 0.29) is 31.4 Å². The largest absolute Gasteiger partial charge is 0.441 e. The standard InChI is InChI=1S/C36H37N5O6/c1-24(11-8-9-18-39-22-31(37-38-39)29(23-42)27-13-4-3-5-14-27)36(46)30-16-6-7-17-32(30)40(35(36)45)21-26-12-10-15-28(19-26)41-33(44)20-34(41)47-25(2)43/h3-8,10-17,19,22,24,29,34,42,46H,9,18,20-21,23H2,1-2H3/b11-8+/t24-,29?,34?,36+/m0/s1. The number of para-hydroxylation sites is 1. The quantitative estimate of drug-likeness (QED) is 0.135. The maximum Gasteiger partial charge on any atom is 0.304 e. The molecule has 2 unspecified atom stereocenters. The summed E-state index contributed by atoms with van der Waals surface area (Å²) in [5.74, 6) is -1.86. The predicted octanol–water partition coefficient (Wildman–Crippen LogP) is 4.05. The molecule has 3 aromatic carbocycles. The van der Waals surface area contributed by atoms with Gasteiger partial charge in [0.1, 0.15) is 0 Å². The van der Waals surface area contributed by atoms with E-state index in [1.807, 2.05) is 73.8 Å². The van der Waals surface area contributed by atoms with E-state index in [9.17, 15) is 24.6 Å². The van der Waals surface area contributed by atoms with E-state index in [1.54, 1.807) is 39.9 Å². The number of hydrogen-bond acceptors (Lipinski definition) is 8. The van der Waals surface area contributed by atoms with E-state index in [1.165, 1.54) is 11.8 Å². The second kappa shape index (κ2) is 13.3. The van der Waals surface area contributed by atoms with Crippen LogP contribution in [0.15, 0.2) is 97.2 Å². The Balaban J connectivity index is 1.14. The van der Waals surface area contributed by atoms with E-state index in [0.29, 0.717) is 35.6 Å². The number of β-lactam (4-membered cyclic amide) rings is 1. The van der Waals surface area contributed by atoms with Gasteiger partial charge in [-0.1, -0.05) is 85.0 Å². The highest BCUT2D eigenvalue weighted by atomic mass is 16.6. The van der Waals surface area contributed by atoms with Crippen LogP contribution < -0.4 is 9.80 Å². The molecule has 0 saturated carbocycles. The van der Waals surface area contributed by atoms with Crippen LogP contribution in [0.5, 0.6) is 0 Å². The van der Waals surface area contributed by atoms with Crippen LogP contribution >= 0.6 is 0 Å². The highest BCUT2D eigenvalue weighted by Crippen LogP contribution is 2.46. The van der Waals surface area contributed by atoms with Gasteiger partial charge < -0.3 is 19.8 Å². The number of allylic oxidation sites excluding steroid dienone is 1. The number of nitrogens with zero attached hydrogens (tertiary/aromatic N) is 5. The van der Waals surface area contributed by atoms with Crippen LogP contribution in [0, 0.1) is 5.92 Å². The zero-order valence-electron chi connectivity index (χ0n) is 26.3. The number of fused-ring (bicyclic) bond motifs is 1. The minimum Gasteiger partial charge on any atom is -0.441 e. The van der Waals surface area contributed by atoms with E-state index >= 15 is 0 Å². The zero-order chi connectivity index (χ0) is 33.1. The molecule has 0 aliphatic carbocycles. The van der Waals surface area contributed by atoms with Gasteiger partial charge in [0.15, 0.2) is 11.8 Å². The molecule has 1 saturated heterocycles. The van der Waals surface area contributed by atoms with Gasteiger partial charge >= 0.3 is 5.97 Å². The van der Waals surface area contributed by atoms with Crippen molar-refractivity contribution in [1.82, 2.24) is 15.0 Å². The SMILES string of the molecule is CC(=O)OC1CC(=O)N1c1cccc(CN2C(=O)[C@@](O)([C@@H](C)/C=C/CCn3cc(C(CO)c4ccccc4)nn3)c3ccccc32)c1. The first-order valence-electron chi connectivity index (χ1n) is 15.6. The van der Waals surface area contributed by atoms with Crippen LogP contribution in [0.3, 0.4) is 0 Å². The molecule has 1 aromatic heterocycles. The van der Waals surface area contributed by atoms with Crippen LogP contribution in [0.2, 0.25) is 0 Å². The first-order chi connectivity index (χ1) is 22.7. The fourth-order valence-corrected chi connectivity index (χ4v) is 6.31. The number of anilines is 2. The fourth-order valence-electron chi connectivity index (χ4n) is 6.31. The van der Waals surface area contributed by atoms with Crippen molar-refractivity contribution in [2.75, 3.05) is 16.4 Å². The maximum absolute atomic E-state index is 14.0. The van der Waals surface area contributed by atoms with Gasteiger partial charge in [-0.25, -0.2) is 0 Å². The molecule has 11 heteroatoms. The summed E-state index contributed by atoms with van der Waals surface area (Å²) in [5, 5.41) is 30.4. The first kappa shape index (κ1) is 31.8. The van der Waals surface area contributed by atoms with Crippen molar-refractivity contribution in [3.05, 3.63) is 120 Å². The van der Waals surface area contributed by atoms with Gasteiger partial charge in [0.2, 0.25) is 5.91 Å². The number of aryl methyl sites for hydroxylation is 1. The highest BCUT2D eigenvalue weighted by Gasteiger charge is 2.52. The molecule has 11 nitrogen and oxygen atoms in total. The summed E-state index contributed by atoms with van der Waals surface area (Å²) in [7, 11) is 0. The van der Waals surface area contributed by atoms with Gasteiger partial charge in [-0.3, -0.25) is 24.0 Å². The topological polar surface area (TPSA) is 138 Å². The van der Waals surface area contributed by atoms with Gasteiger partial charge in [-0.15, -0.1) is 5.10 Å². The van der Waals surface area contributed by atoms with Gasteiger partial charge in [0, 0.05) is 36.8 Å². The van der Waals surface area contributed by atoms with Crippen LogP contribution in [-0.2, 0) is 37.8 Å². The summed E-state index contributed by atoms with van der Waals surface area (Å²) in [6.07, 6.45) is 5.67. The number of carbonyl (C=O) groups is 3. The lowest BCUT2D eigenvalue weighted by atomic mass is 9.83. The molecule has 2 amide bonds. The monoisotopic (exact) mass is 635 g/mol. The summed E-state index contributed by atoms with van der Waals surface area (Å²) < 4.78 is 6.98. The van der Waals surface area contributed by atoms with Crippen molar-refractivity contribution < 1.29 is 29.3 Å². The van der Waals surface area contributed by atoms with Crippen molar-refractivity contribution in [1.29, 1.82) is 0 Å². The minimum atomic E-state index is -1.77. The summed E-state index contributed by atoms with van der Waals surface area (Å²) in [5.41, 5.74) is 2.35. The van der Waals surface area contributed by atoms with Gasteiger partial charge in [0.05, 0.1) is 36.9 Å². The highest BCUT2D eigenvalue weighted by molar-refractivity contribution is 6.07. The number of hydrogen-bond donors (Lipinski definition) is 2. The Morgan fingerprint density at radius 2 is 1.85 bits per heavy atom. The van der Waals surface area contributed by atoms with Crippen LogP contribution in [0.4, 0.5) is 11.4 Å². The van der Waals surface area contributed by atoms with Gasteiger partial charge in [-0.2, -0.15) is 0 Å². The minimum absolute atomic E-state index is 0.0780. The average Bonchev–Trinajstić information content (AvgIpc) is 3.61. The number of carbonyl (C=O) groups excluding carboxylic acids is 3. The molecule has 6 rings (SSSR count). The second-order valence-electron chi connectivity index (χ2n) is 11.9. The van der Waals surface area contributed by atoms with Crippen molar-refractivity contribution in [3.63, 3.8) is 0 Å². The van der Waals surface area contributed by atoms with Crippen molar-refractivity contribution >= 4 is 29.2 Å². The van der Waals surface area contributed by atoms with Crippen molar-refractivity contribution in [3.8, 4) is 0 Å². The maximum atomic E-state index is 14.0. The Morgan fingerprint density at radius 1 is 1.09 bits per heavy atom.